The largest absolute Gasteiger partial charge is 0.497 e. The fourth-order valence-corrected chi connectivity index (χ4v) is 3.73. The Labute approximate surface area is 187 Å². The highest BCUT2D eigenvalue weighted by molar-refractivity contribution is 5.91. The summed E-state index contributed by atoms with van der Waals surface area (Å²) in [6.45, 7) is 4.10. The highest BCUT2D eigenvalue weighted by Crippen LogP contribution is 2.18. The number of nitrogens with zero attached hydrogens (tertiary/aromatic N) is 2. The molecule has 2 aromatic carbocycles. The molecule has 0 aliphatic carbocycles. The van der Waals surface area contributed by atoms with Crippen molar-refractivity contribution in [1.82, 2.24) is 9.80 Å². The van der Waals surface area contributed by atoms with Crippen LogP contribution in [0.5, 0.6) is 11.5 Å². The third-order valence-electron chi connectivity index (χ3n) is 5.51. The van der Waals surface area contributed by atoms with E-state index in [9.17, 15) is 9.18 Å². The van der Waals surface area contributed by atoms with Gasteiger partial charge in [-0.2, -0.15) is 0 Å². The molecule has 1 aliphatic rings. The second-order valence-electron chi connectivity index (χ2n) is 7.78. The normalized spacial score (nSPS) is 14.8. The monoisotopic (exact) mass is 438 g/mol. The maximum atomic E-state index is 13.0. The molecule has 168 valence electrons. The Morgan fingerprint density at radius 3 is 2.44 bits per heavy atom. The van der Waals surface area contributed by atoms with E-state index in [4.69, 9.17) is 13.9 Å². The molecule has 32 heavy (non-hydrogen) atoms. The highest BCUT2D eigenvalue weighted by atomic mass is 19.1. The SMILES string of the molecule is COc1ccc(CN2CCCN(C(=O)c3ccc(COc4ccc(F)cc4)o3)CC2)cc1. The van der Waals surface area contributed by atoms with E-state index in [1.165, 1.54) is 17.7 Å². The number of methoxy groups -OCH3 is 1. The van der Waals surface area contributed by atoms with Crippen LogP contribution < -0.4 is 9.47 Å². The second kappa shape index (κ2) is 10.3. The number of amides is 1. The van der Waals surface area contributed by atoms with Gasteiger partial charge in [-0.25, -0.2) is 4.39 Å². The van der Waals surface area contributed by atoms with Crippen LogP contribution in [-0.4, -0.2) is 49.0 Å². The van der Waals surface area contributed by atoms with Crippen molar-refractivity contribution in [2.24, 2.45) is 0 Å². The molecular weight excluding hydrogens is 411 g/mol. The number of furan rings is 1. The summed E-state index contributed by atoms with van der Waals surface area (Å²) < 4.78 is 29.5. The summed E-state index contributed by atoms with van der Waals surface area (Å²) in [5, 5.41) is 0. The molecule has 0 spiro atoms. The lowest BCUT2D eigenvalue weighted by molar-refractivity contribution is 0.0725. The first-order valence-electron chi connectivity index (χ1n) is 10.7. The molecule has 2 heterocycles. The lowest BCUT2D eigenvalue weighted by Crippen LogP contribution is -2.34. The van der Waals surface area contributed by atoms with Crippen LogP contribution in [0.3, 0.4) is 0 Å². The average Bonchev–Trinajstić information content (AvgIpc) is 3.17. The maximum Gasteiger partial charge on any atom is 0.289 e. The third-order valence-corrected chi connectivity index (χ3v) is 5.51. The summed E-state index contributed by atoms with van der Waals surface area (Å²) in [5.41, 5.74) is 1.22. The number of carbonyl (C=O) groups excluding carboxylic acids is 1. The van der Waals surface area contributed by atoms with Crippen LogP contribution in [0.25, 0.3) is 0 Å². The molecule has 0 atom stereocenters. The molecule has 0 N–H and O–H groups in total. The molecule has 0 saturated carbocycles. The van der Waals surface area contributed by atoms with Gasteiger partial charge >= 0.3 is 0 Å². The Bertz CT molecular complexity index is 1020. The van der Waals surface area contributed by atoms with Crippen molar-refractivity contribution in [3.63, 3.8) is 0 Å². The minimum atomic E-state index is -0.316. The van der Waals surface area contributed by atoms with Crippen molar-refractivity contribution < 1.29 is 23.1 Å². The van der Waals surface area contributed by atoms with Crippen LogP contribution in [-0.2, 0) is 13.2 Å². The summed E-state index contributed by atoms with van der Waals surface area (Å²) >= 11 is 0. The van der Waals surface area contributed by atoms with Crippen molar-refractivity contribution in [2.75, 3.05) is 33.3 Å². The van der Waals surface area contributed by atoms with E-state index in [1.54, 1.807) is 31.4 Å². The molecule has 1 aliphatic heterocycles. The molecule has 1 aromatic heterocycles. The second-order valence-corrected chi connectivity index (χ2v) is 7.78. The first-order valence-corrected chi connectivity index (χ1v) is 10.7. The van der Waals surface area contributed by atoms with Crippen molar-refractivity contribution in [3.05, 3.63) is 83.6 Å². The minimum Gasteiger partial charge on any atom is -0.497 e. The Kier molecular flexibility index (Phi) is 7.07. The molecule has 3 aromatic rings. The summed E-state index contributed by atoms with van der Waals surface area (Å²) in [6, 6.07) is 17.3. The van der Waals surface area contributed by atoms with Crippen LogP contribution in [0.15, 0.2) is 65.1 Å². The molecule has 7 heteroatoms. The molecule has 0 radical (unpaired) electrons. The predicted molar refractivity (Wildman–Crippen MR) is 118 cm³/mol. The van der Waals surface area contributed by atoms with Gasteiger partial charge in [-0.15, -0.1) is 0 Å². The number of benzene rings is 2. The maximum absolute atomic E-state index is 13.0. The molecule has 6 nitrogen and oxygen atoms in total. The van der Waals surface area contributed by atoms with E-state index in [-0.39, 0.29) is 18.3 Å². The Balaban J connectivity index is 1.29. The topological polar surface area (TPSA) is 55.2 Å². The zero-order valence-corrected chi connectivity index (χ0v) is 18.1. The van der Waals surface area contributed by atoms with Gasteiger partial charge in [-0.1, -0.05) is 12.1 Å². The van der Waals surface area contributed by atoms with E-state index in [1.807, 2.05) is 17.0 Å². The number of ether oxygens (including phenoxy) is 2. The van der Waals surface area contributed by atoms with Gasteiger partial charge < -0.3 is 18.8 Å². The molecule has 1 saturated heterocycles. The first-order chi connectivity index (χ1) is 15.6. The predicted octanol–water partition coefficient (Wildman–Crippen LogP) is 4.35. The van der Waals surface area contributed by atoms with Gasteiger partial charge in [0.1, 0.15) is 29.7 Å². The van der Waals surface area contributed by atoms with Crippen LogP contribution in [0, 0.1) is 5.82 Å². The van der Waals surface area contributed by atoms with E-state index < -0.39 is 0 Å². The number of carbonyl (C=O) groups is 1. The van der Waals surface area contributed by atoms with Crippen LogP contribution in [0.4, 0.5) is 4.39 Å². The van der Waals surface area contributed by atoms with E-state index in [0.717, 1.165) is 31.8 Å². The van der Waals surface area contributed by atoms with Gasteiger partial charge in [0.2, 0.25) is 0 Å². The first kappa shape index (κ1) is 21.9. The van der Waals surface area contributed by atoms with Crippen molar-refractivity contribution >= 4 is 5.91 Å². The van der Waals surface area contributed by atoms with Crippen LogP contribution in [0.1, 0.15) is 28.3 Å². The van der Waals surface area contributed by atoms with Gasteiger partial charge in [0.05, 0.1) is 7.11 Å². The highest BCUT2D eigenvalue weighted by Gasteiger charge is 2.23. The lowest BCUT2D eigenvalue weighted by atomic mass is 10.2. The smallest absolute Gasteiger partial charge is 0.289 e. The van der Waals surface area contributed by atoms with Gasteiger partial charge in [0.15, 0.2) is 5.76 Å². The molecule has 4 rings (SSSR count). The number of hydrogen-bond donors (Lipinski definition) is 0. The van der Waals surface area contributed by atoms with Crippen molar-refractivity contribution in [1.29, 1.82) is 0 Å². The summed E-state index contributed by atoms with van der Waals surface area (Å²) in [6.07, 6.45) is 0.906. The molecule has 1 fully saturated rings. The summed E-state index contributed by atoms with van der Waals surface area (Å²) in [5.74, 6) is 1.83. The Morgan fingerprint density at radius 1 is 0.938 bits per heavy atom. The molecule has 0 bridgehead atoms. The molecule has 1 amide bonds. The lowest BCUT2D eigenvalue weighted by Gasteiger charge is -2.21. The fourth-order valence-electron chi connectivity index (χ4n) is 3.73. The third kappa shape index (κ3) is 5.68. The van der Waals surface area contributed by atoms with Crippen LogP contribution in [0.2, 0.25) is 0 Å². The zero-order valence-electron chi connectivity index (χ0n) is 18.1. The van der Waals surface area contributed by atoms with E-state index in [2.05, 4.69) is 17.0 Å². The Morgan fingerprint density at radius 2 is 1.69 bits per heavy atom. The van der Waals surface area contributed by atoms with Gasteiger partial charge in [-0.3, -0.25) is 9.69 Å². The van der Waals surface area contributed by atoms with Crippen molar-refractivity contribution in [2.45, 2.75) is 19.6 Å². The fraction of sp³-hybridized carbons (Fsp3) is 0.320. The van der Waals surface area contributed by atoms with Crippen molar-refractivity contribution in [3.8, 4) is 11.5 Å². The minimum absolute atomic E-state index is 0.107. The standard InChI is InChI=1S/C25H27FN2O4/c1-30-21-7-3-19(4-8-21)17-27-13-2-14-28(16-15-27)25(29)24-12-11-23(32-24)18-31-22-9-5-20(26)6-10-22/h3-12H,2,13-18H2,1H3. The number of rotatable bonds is 7. The summed E-state index contributed by atoms with van der Waals surface area (Å²) in [4.78, 5) is 17.1. The van der Waals surface area contributed by atoms with E-state index in [0.29, 0.717) is 30.4 Å². The van der Waals surface area contributed by atoms with Gasteiger partial charge in [-0.05, 0) is 60.5 Å². The van der Waals surface area contributed by atoms with Gasteiger partial charge in [0.25, 0.3) is 5.91 Å². The zero-order chi connectivity index (χ0) is 22.3. The molecular formula is C25H27FN2O4. The van der Waals surface area contributed by atoms with E-state index >= 15 is 0 Å². The average molecular weight is 438 g/mol. The summed E-state index contributed by atoms with van der Waals surface area (Å²) in [7, 11) is 1.66. The number of halogens is 1. The van der Waals surface area contributed by atoms with Gasteiger partial charge in [0, 0.05) is 32.7 Å². The quantitative estimate of drug-likeness (QED) is 0.549. The Hall–Kier alpha value is -3.32. The van der Waals surface area contributed by atoms with Crippen LogP contribution >= 0.6 is 0 Å². The number of hydrogen-bond acceptors (Lipinski definition) is 5. The molecule has 0 unspecified atom stereocenters.